The second-order valence-corrected chi connectivity index (χ2v) is 4.28. The second kappa shape index (κ2) is 4.61. The van der Waals surface area contributed by atoms with Crippen molar-refractivity contribution >= 4 is 10.9 Å². The van der Waals surface area contributed by atoms with Crippen LogP contribution in [0, 0.1) is 6.92 Å². The summed E-state index contributed by atoms with van der Waals surface area (Å²) >= 11 is 0. The van der Waals surface area contributed by atoms with Gasteiger partial charge in [0.05, 0.1) is 5.52 Å². The second-order valence-electron chi connectivity index (χ2n) is 4.28. The molecule has 0 unspecified atom stereocenters. The van der Waals surface area contributed by atoms with E-state index in [1.165, 1.54) is 22.1 Å². The molecule has 3 rings (SSSR count). The molecule has 1 heterocycles. The Morgan fingerprint density at radius 2 is 1.61 bits per heavy atom. The molecular formula is C17H14N. The SMILES string of the molecule is [CH2]Cc1ccccc1-c1ccnc2ccccc12. The fraction of sp³-hybridized carbons (Fsp3) is 0.0588. The first kappa shape index (κ1) is 11.0. The van der Waals surface area contributed by atoms with Crippen LogP contribution in [0.1, 0.15) is 5.56 Å². The van der Waals surface area contributed by atoms with Gasteiger partial charge in [0.2, 0.25) is 0 Å². The van der Waals surface area contributed by atoms with Crippen LogP contribution in [-0.4, -0.2) is 4.98 Å². The summed E-state index contributed by atoms with van der Waals surface area (Å²) in [7, 11) is 0. The van der Waals surface area contributed by atoms with Gasteiger partial charge >= 0.3 is 0 Å². The lowest BCUT2D eigenvalue weighted by atomic mass is 9.96. The van der Waals surface area contributed by atoms with E-state index in [-0.39, 0.29) is 0 Å². The molecule has 0 spiro atoms. The largest absolute Gasteiger partial charge is 0.256 e. The fourth-order valence-electron chi connectivity index (χ4n) is 2.33. The van der Waals surface area contributed by atoms with Crippen molar-refractivity contribution in [1.82, 2.24) is 4.98 Å². The lowest BCUT2D eigenvalue weighted by Crippen LogP contribution is -1.89. The number of benzene rings is 2. The zero-order valence-electron chi connectivity index (χ0n) is 10.1. The van der Waals surface area contributed by atoms with E-state index in [1.54, 1.807) is 0 Å². The molecule has 0 saturated carbocycles. The monoisotopic (exact) mass is 232 g/mol. The van der Waals surface area contributed by atoms with Gasteiger partial charge in [-0.15, -0.1) is 0 Å². The Balaban J connectivity index is 2.32. The zero-order valence-corrected chi connectivity index (χ0v) is 10.1. The molecule has 0 saturated heterocycles. The molecule has 1 radical (unpaired) electrons. The van der Waals surface area contributed by atoms with Crippen LogP contribution in [0.3, 0.4) is 0 Å². The summed E-state index contributed by atoms with van der Waals surface area (Å²) in [6.45, 7) is 4.01. The van der Waals surface area contributed by atoms with Gasteiger partial charge in [0.15, 0.2) is 0 Å². The number of hydrogen-bond donors (Lipinski definition) is 0. The predicted octanol–water partition coefficient (Wildman–Crippen LogP) is 4.28. The Kier molecular flexibility index (Phi) is 2.81. The van der Waals surface area contributed by atoms with Crippen molar-refractivity contribution in [2.24, 2.45) is 0 Å². The van der Waals surface area contributed by atoms with Crippen LogP contribution in [0.25, 0.3) is 22.0 Å². The highest BCUT2D eigenvalue weighted by Gasteiger charge is 2.06. The highest BCUT2D eigenvalue weighted by Crippen LogP contribution is 2.29. The Morgan fingerprint density at radius 3 is 2.50 bits per heavy atom. The third-order valence-electron chi connectivity index (χ3n) is 3.23. The summed E-state index contributed by atoms with van der Waals surface area (Å²) in [6, 6.07) is 18.8. The van der Waals surface area contributed by atoms with Gasteiger partial charge in [-0.3, -0.25) is 4.98 Å². The molecule has 0 aliphatic heterocycles. The molecule has 1 aromatic heterocycles. The number of rotatable bonds is 2. The van der Waals surface area contributed by atoms with Crippen molar-refractivity contribution < 1.29 is 0 Å². The van der Waals surface area contributed by atoms with Gasteiger partial charge in [-0.05, 0) is 42.2 Å². The van der Waals surface area contributed by atoms with Crippen LogP contribution in [0.2, 0.25) is 0 Å². The fourth-order valence-corrected chi connectivity index (χ4v) is 2.33. The van der Waals surface area contributed by atoms with Gasteiger partial charge in [0.25, 0.3) is 0 Å². The standard InChI is InChI=1S/C17H14N/c1-2-13-7-3-4-8-14(13)15-11-12-18-17-10-6-5-9-16(15)17/h3-12H,1-2H2. The van der Waals surface area contributed by atoms with E-state index in [1.807, 2.05) is 18.3 Å². The summed E-state index contributed by atoms with van der Waals surface area (Å²) < 4.78 is 0. The third-order valence-corrected chi connectivity index (χ3v) is 3.23. The molecule has 0 atom stereocenters. The van der Waals surface area contributed by atoms with Crippen LogP contribution >= 0.6 is 0 Å². The van der Waals surface area contributed by atoms with E-state index in [0.717, 1.165) is 11.9 Å². The predicted molar refractivity (Wildman–Crippen MR) is 76.2 cm³/mol. The smallest absolute Gasteiger partial charge is 0.0708 e. The van der Waals surface area contributed by atoms with Gasteiger partial charge in [-0.1, -0.05) is 42.5 Å². The van der Waals surface area contributed by atoms with E-state index in [9.17, 15) is 0 Å². The van der Waals surface area contributed by atoms with Crippen molar-refractivity contribution in [1.29, 1.82) is 0 Å². The quantitative estimate of drug-likeness (QED) is 0.642. The van der Waals surface area contributed by atoms with E-state index < -0.39 is 0 Å². The molecule has 0 N–H and O–H groups in total. The Hall–Kier alpha value is -2.15. The van der Waals surface area contributed by atoms with Crippen molar-refractivity contribution in [2.75, 3.05) is 0 Å². The maximum absolute atomic E-state index is 4.41. The topological polar surface area (TPSA) is 12.9 Å². The number of para-hydroxylation sites is 1. The summed E-state index contributed by atoms with van der Waals surface area (Å²) in [4.78, 5) is 4.41. The highest BCUT2D eigenvalue weighted by molar-refractivity contribution is 5.94. The summed E-state index contributed by atoms with van der Waals surface area (Å²) in [5.74, 6) is 0. The van der Waals surface area contributed by atoms with Crippen molar-refractivity contribution in [2.45, 2.75) is 6.42 Å². The molecule has 0 amide bonds. The first-order valence-corrected chi connectivity index (χ1v) is 6.11. The van der Waals surface area contributed by atoms with Crippen LogP contribution in [0.15, 0.2) is 60.8 Å². The van der Waals surface area contributed by atoms with E-state index in [0.29, 0.717) is 0 Å². The average molecular weight is 232 g/mol. The van der Waals surface area contributed by atoms with Gasteiger partial charge in [0.1, 0.15) is 0 Å². The van der Waals surface area contributed by atoms with Gasteiger partial charge in [-0.2, -0.15) is 0 Å². The van der Waals surface area contributed by atoms with E-state index >= 15 is 0 Å². The molecule has 1 heteroatoms. The molecule has 0 aliphatic carbocycles. The zero-order chi connectivity index (χ0) is 12.4. The highest BCUT2D eigenvalue weighted by atomic mass is 14.6. The molecule has 1 nitrogen and oxygen atoms in total. The first-order valence-electron chi connectivity index (χ1n) is 6.11. The lowest BCUT2D eigenvalue weighted by Gasteiger charge is -2.10. The maximum atomic E-state index is 4.41. The minimum atomic E-state index is 0.798. The van der Waals surface area contributed by atoms with Gasteiger partial charge < -0.3 is 0 Å². The van der Waals surface area contributed by atoms with Crippen molar-refractivity contribution in [3.63, 3.8) is 0 Å². The van der Waals surface area contributed by atoms with Crippen LogP contribution in [0.5, 0.6) is 0 Å². The van der Waals surface area contributed by atoms with Gasteiger partial charge in [-0.25, -0.2) is 0 Å². The van der Waals surface area contributed by atoms with Crippen LogP contribution < -0.4 is 0 Å². The number of pyridine rings is 1. The van der Waals surface area contributed by atoms with Crippen LogP contribution in [-0.2, 0) is 6.42 Å². The Bertz CT molecular complexity index is 681. The number of fused-ring (bicyclic) bond motifs is 1. The average Bonchev–Trinajstić information content (AvgIpc) is 2.46. The Labute approximate surface area is 107 Å². The third kappa shape index (κ3) is 1.78. The lowest BCUT2D eigenvalue weighted by molar-refractivity contribution is 1.27. The first-order chi connectivity index (χ1) is 8.90. The summed E-state index contributed by atoms with van der Waals surface area (Å²) in [5.41, 5.74) is 4.80. The van der Waals surface area contributed by atoms with E-state index in [2.05, 4.69) is 54.4 Å². The molecule has 87 valence electrons. The summed E-state index contributed by atoms with van der Waals surface area (Å²) in [5, 5.41) is 1.20. The molecular weight excluding hydrogens is 218 g/mol. The maximum Gasteiger partial charge on any atom is 0.0708 e. The Morgan fingerprint density at radius 1 is 0.833 bits per heavy atom. The molecule has 3 aromatic rings. The number of nitrogens with zero attached hydrogens (tertiary/aromatic N) is 1. The van der Waals surface area contributed by atoms with Crippen molar-refractivity contribution in [3.8, 4) is 11.1 Å². The number of hydrogen-bond acceptors (Lipinski definition) is 1. The molecule has 18 heavy (non-hydrogen) atoms. The summed E-state index contributed by atoms with van der Waals surface area (Å²) in [6.07, 6.45) is 2.67. The molecule has 2 aromatic carbocycles. The van der Waals surface area contributed by atoms with Crippen molar-refractivity contribution in [3.05, 3.63) is 73.3 Å². The molecule has 0 fully saturated rings. The normalized spacial score (nSPS) is 10.7. The minimum absolute atomic E-state index is 0.798. The minimum Gasteiger partial charge on any atom is -0.256 e. The number of aromatic nitrogens is 1. The van der Waals surface area contributed by atoms with Gasteiger partial charge in [0, 0.05) is 11.6 Å². The molecule has 0 bridgehead atoms. The molecule has 0 aliphatic rings. The van der Waals surface area contributed by atoms with E-state index in [4.69, 9.17) is 0 Å². The van der Waals surface area contributed by atoms with Crippen LogP contribution in [0.4, 0.5) is 0 Å².